The highest BCUT2D eigenvalue weighted by Gasteiger charge is 2.54. The van der Waals surface area contributed by atoms with Crippen molar-refractivity contribution < 1.29 is 19.1 Å². The van der Waals surface area contributed by atoms with Gasteiger partial charge in [-0.05, 0) is 68.2 Å². The van der Waals surface area contributed by atoms with E-state index >= 15 is 0 Å². The van der Waals surface area contributed by atoms with Gasteiger partial charge in [0.05, 0.1) is 5.92 Å². The molecule has 5 nitrogen and oxygen atoms in total. The van der Waals surface area contributed by atoms with Crippen molar-refractivity contribution >= 4 is 23.3 Å². The third kappa shape index (κ3) is 4.02. The largest absolute Gasteiger partial charge is 0.455 e. The van der Waals surface area contributed by atoms with Gasteiger partial charge < -0.3 is 10.1 Å². The molecule has 2 fully saturated rings. The van der Waals surface area contributed by atoms with Crippen molar-refractivity contribution in [3.8, 4) is 0 Å². The third-order valence-corrected chi connectivity index (χ3v) is 6.69. The van der Waals surface area contributed by atoms with Gasteiger partial charge in [0, 0.05) is 17.2 Å². The first kappa shape index (κ1) is 20.3. The quantitative estimate of drug-likeness (QED) is 0.573. The van der Waals surface area contributed by atoms with E-state index in [-0.39, 0.29) is 36.1 Å². The fourth-order valence-electron chi connectivity index (χ4n) is 5.05. The molecule has 0 aromatic heterocycles. The first-order valence-electron chi connectivity index (χ1n) is 10.6. The highest BCUT2D eigenvalue weighted by Crippen LogP contribution is 2.53. The van der Waals surface area contributed by atoms with E-state index in [1.54, 1.807) is 12.1 Å². The number of Topliss-reactive ketones (excluding diaryl/α,β-unsaturated/α-hetero) is 1. The van der Waals surface area contributed by atoms with Crippen LogP contribution in [0.1, 0.15) is 40.7 Å². The Morgan fingerprint density at radius 1 is 0.933 bits per heavy atom. The summed E-state index contributed by atoms with van der Waals surface area (Å²) in [6.07, 6.45) is 2.81. The summed E-state index contributed by atoms with van der Waals surface area (Å²) in [6, 6.07) is 14.8. The molecule has 4 atom stereocenters. The van der Waals surface area contributed by atoms with Crippen molar-refractivity contribution in [2.45, 2.75) is 33.1 Å². The normalized spacial score (nSPS) is 24.5. The maximum Gasteiger partial charge on any atom is 0.310 e. The van der Waals surface area contributed by atoms with E-state index in [1.807, 2.05) is 50.2 Å². The lowest BCUT2D eigenvalue weighted by Crippen LogP contribution is -2.37. The number of rotatable bonds is 6. The van der Waals surface area contributed by atoms with Crippen molar-refractivity contribution in [2.75, 3.05) is 11.9 Å². The van der Waals surface area contributed by atoms with Gasteiger partial charge >= 0.3 is 5.97 Å². The van der Waals surface area contributed by atoms with Crippen LogP contribution in [0.25, 0.3) is 0 Å². The summed E-state index contributed by atoms with van der Waals surface area (Å²) in [7, 11) is 0. The Morgan fingerprint density at radius 3 is 2.33 bits per heavy atom. The number of ether oxygens (including phenoxy) is 1. The monoisotopic (exact) mass is 405 g/mol. The molecule has 0 radical (unpaired) electrons. The molecule has 2 aromatic rings. The molecule has 0 spiro atoms. The van der Waals surface area contributed by atoms with Crippen LogP contribution in [0.5, 0.6) is 0 Å². The van der Waals surface area contributed by atoms with Crippen molar-refractivity contribution in [1.29, 1.82) is 0 Å². The minimum absolute atomic E-state index is 0.0179. The summed E-state index contributed by atoms with van der Waals surface area (Å²) < 4.78 is 5.38. The highest BCUT2D eigenvalue weighted by molar-refractivity contribution is 6.01. The van der Waals surface area contributed by atoms with E-state index in [9.17, 15) is 14.4 Å². The van der Waals surface area contributed by atoms with Gasteiger partial charge in [-0.25, -0.2) is 0 Å². The summed E-state index contributed by atoms with van der Waals surface area (Å²) in [5.41, 5.74) is 3.54. The minimum Gasteiger partial charge on any atom is -0.455 e. The van der Waals surface area contributed by atoms with Gasteiger partial charge in [0.1, 0.15) is 0 Å². The number of ketones is 1. The van der Waals surface area contributed by atoms with Gasteiger partial charge in [-0.3, -0.25) is 14.4 Å². The third-order valence-electron chi connectivity index (χ3n) is 6.69. The number of anilines is 1. The Hall–Kier alpha value is -2.95. The molecule has 30 heavy (non-hydrogen) atoms. The van der Waals surface area contributed by atoms with Gasteiger partial charge in [-0.15, -0.1) is 0 Å². The number of benzene rings is 2. The lowest BCUT2D eigenvalue weighted by Gasteiger charge is -2.28. The molecule has 4 rings (SSSR count). The van der Waals surface area contributed by atoms with Crippen LogP contribution in [0.4, 0.5) is 5.69 Å². The molecule has 2 bridgehead atoms. The fraction of sp³-hybridized carbons (Fsp3) is 0.400. The summed E-state index contributed by atoms with van der Waals surface area (Å²) in [5.74, 6) is -1.18. The Balaban J connectivity index is 1.39. The Bertz CT molecular complexity index is 968. The maximum atomic E-state index is 13.1. The second-order valence-electron chi connectivity index (χ2n) is 8.57. The number of aryl methyl sites for hydroxylation is 2. The zero-order valence-corrected chi connectivity index (χ0v) is 17.4. The van der Waals surface area contributed by atoms with Crippen LogP contribution in [0.3, 0.4) is 0 Å². The smallest absolute Gasteiger partial charge is 0.310 e. The number of hydrogen-bond acceptors (Lipinski definition) is 4. The summed E-state index contributed by atoms with van der Waals surface area (Å²) in [4.78, 5) is 38.3. The molecule has 2 aliphatic rings. The summed E-state index contributed by atoms with van der Waals surface area (Å²) in [5, 5.41) is 2.77. The Kier molecular flexibility index (Phi) is 5.71. The second-order valence-corrected chi connectivity index (χ2v) is 8.57. The number of carbonyl (C=O) groups excluding carboxylic acids is 3. The van der Waals surface area contributed by atoms with Crippen LogP contribution >= 0.6 is 0 Å². The number of fused-ring (bicyclic) bond motifs is 2. The average Bonchev–Trinajstić information content (AvgIpc) is 3.36. The standard InChI is InChI=1S/C25H27NO4/c1-15-8-11-20(12-16(15)2)26-21(27)14-30-25(29)23-19-10-9-18(13-19)22(23)24(28)17-6-4-3-5-7-17/h3-8,11-12,18-19,22-23H,9-10,13-14H2,1-2H3,(H,26,27)/t18-,19-,22+,23-/m1/s1. The number of esters is 1. The van der Waals surface area contributed by atoms with Gasteiger partial charge in [0.15, 0.2) is 12.4 Å². The second kappa shape index (κ2) is 8.42. The summed E-state index contributed by atoms with van der Waals surface area (Å²) in [6.45, 7) is 3.64. The predicted molar refractivity (Wildman–Crippen MR) is 114 cm³/mol. The lowest BCUT2D eigenvalue weighted by molar-refractivity contribution is -0.154. The predicted octanol–water partition coefficient (Wildman–Crippen LogP) is 4.33. The van der Waals surface area contributed by atoms with E-state index in [0.29, 0.717) is 11.3 Å². The van der Waals surface area contributed by atoms with Crippen LogP contribution in [0.15, 0.2) is 48.5 Å². The van der Waals surface area contributed by atoms with Crippen LogP contribution in [-0.4, -0.2) is 24.3 Å². The topological polar surface area (TPSA) is 72.5 Å². The molecule has 0 saturated heterocycles. The number of carbonyl (C=O) groups is 3. The molecule has 1 amide bonds. The van der Waals surface area contributed by atoms with Crippen LogP contribution in [-0.2, 0) is 14.3 Å². The number of nitrogens with one attached hydrogen (secondary N) is 1. The van der Waals surface area contributed by atoms with Gasteiger partial charge in [0.25, 0.3) is 5.91 Å². The number of amides is 1. The average molecular weight is 405 g/mol. The van der Waals surface area contributed by atoms with Gasteiger partial charge in [-0.2, -0.15) is 0 Å². The molecule has 1 N–H and O–H groups in total. The Morgan fingerprint density at radius 2 is 1.63 bits per heavy atom. The first-order chi connectivity index (χ1) is 14.4. The lowest BCUT2D eigenvalue weighted by atomic mass is 9.75. The molecule has 2 aromatic carbocycles. The Labute approximate surface area is 176 Å². The molecule has 0 unspecified atom stereocenters. The number of hydrogen-bond donors (Lipinski definition) is 1. The minimum atomic E-state index is -0.453. The fourth-order valence-corrected chi connectivity index (χ4v) is 5.05. The maximum absolute atomic E-state index is 13.1. The zero-order chi connectivity index (χ0) is 21.3. The molecular weight excluding hydrogens is 378 g/mol. The SMILES string of the molecule is Cc1ccc(NC(=O)COC(=O)[C@@H]2[C@@H]3CC[C@H](C3)[C@@H]2C(=O)c2ccccc2)cc1C. The molecule has 2 aliphatic carbocycles. The molecule has 0 heterocycles. The van der Waals surface area contributed by atoms with E-state index in [2.05, 4.69) is 5.32 Å². The molecular formula is C25H27NO4. The van der Waals surface area contributed by atoms with Crippen LogP contribution in [0, 0.1) is 37.5 Å². The van der Waals surface area contributed by atoms with Crippen LogP contribution in [0.2, 0.25) is 0 Å². The van der Waals surface area contributed by atoms with E-state index in [4.69, 9.17) is 4.74 Å². The van der Waals surface area contributed by atoms with E-state index in [1.165, 1.54) is 0 Å². The van der Waals surface area contributed by atoms with Crippen molar-refractivity contribution in [2.24, 2.45) is 23.7 Å². The van der Waals surface area contributed by atoms with Crippen molar-refractivity contribution in [3.63, 3.8) is 0 Å². The zero-order valence-electron chi connectivity index (χ0n) is 17.4. The molecule has 0 aliphatic heterocycles. The van der Waals surface area contributed by atoms with Crippen LogP contribution < -0.4 is 5.32 Å². The summed E-state index contributed by atoms with van der Waals surface area (Å²) >= 11 is 0. The van der Waals surface area contributed by atoms with E-state index < -0.39 is 11.9 Å². The highest BCUT2D eigenvalue weighted by atomic mass is 16.5. The molecule has 156 valence electrons. The van der Waals surface area contributed by atoms with E-state index in [0.717, 1.165) is 30.4 Å². The molecule has 5 heteroatoms. The molecule has 2 saturated carbocycles. The van der Waals surface area contributed by atoms with Crippen molar-refractivity contribution in [1.82, 2.24) is 0 Å². The van der Waals surface area contributed by atoms with Crippen molar-refractivity contribution in [3.05, 3.63) is 65.2 Å². The first-order valence-corrected chi connectivity index (χ1v) is 10.6. The van der Waals surface area contributed by atoms with Gasteiger partial charge in [0.2, 0.25) is 0 Å². The van der Waals surface area contributed by atoms with Gasteiger partial charge in [-0.1, -0.05) is 36.4 Å².